The van der Waals surface area contributed by atoms with Crippen molar-refractivity contribution in [1.82, 2.24) is 25.9 Å². The number of aromatic nitrogens is 2. The van der Waals surface area contributed by atoms with Gasteiger partial charge in [-0.05, 0) is 81.9 Å². The number of ether oxygens (including phenoxy) is 9. The van der Waals surface area contributed by atoms with Crippen LogP contribution in [0.2, 0.25) is 0 Å². The molecule has 3 unspecified atom stereocenters. The van der Waals surface area contributed by atoms with Gasteiger partial charge in [-0.2, -0.15) is 0 Å². The van der Waals surface area contributed by atoms with E-state index in [1.165, 1.54) is 19.3 Å². The maximum Gasteiger partial charge on any atom is 0.246 e. The van der Waals surface area contributed by atoms with Gasteiger partial charge in [0.15, 0.2) is 0 Å². The van der Waals surface area contributed by atoms with E-state index >= 15 is 0 Å². The topological polar surface area (TPSA) is 219 Å². The highest BCUT2D eigenvalue weighted by Crippen LogP contribution is 2.56. The Bertz CT molecular complexity index is 1670. The van der Waals surface area contributed by atoms with E-state index in [1.54, 1.807) is 12.5 Å². The summed E-state index contributed by atoms with van der Waals surface area (Å²) in [4.78, 5) is 42.9. The molecule has 0 bridgehead atoms. The van der Waals surface area contributed by atoms with Gasteiger partial charge in [-0.25, -0.2) is 4.98 Å². The molecule has 2 aliphatic rings. The Labute approximate surface area is 404 Å². The number of nitrogens with zero attached hydrogens (tertiary/aromatic N) is 1. The lowest BCUT2D eigenvalue weighted by molar-refractivity contribution is -0.131. The van der Waals surface area contributed by atoms with Crippen LogP contribution in [0.1, 0.15) is 108 Å². The average Bonchev–Trinajstić information content (AvgIpc) is 3.84. The molecule has 0 radical (unpaired) electrons. The SMILES string of the molecule is CCCCCc1cc(O)c2c(c1)OC(C)(C)C1CCC(CCCCC(=O)NCCOCCOCCOCCOCCOCCOCCOCCNC(=O)COCC(=O)NCCc3cnc[nH]3)CC21. The minimum absolute atomic E-state index is 0.0625. The molecule has 3 atom stereocenters. The van der Waals surface area contributed by atoms with Crippen molar-refractivity contribution < 1.29 is 62.1 Å². The van der Waals surface area contributed by atoms with E-state index in [2.05, 4.69) is 52.8 Å². The Morgan fingerprint density at radius 1 is 0.691 bits per heavy atom. The molecule has 68 heavy (non-hydrogen) atoms. The first kappa shape index (κ1) is 56.7. The summed E-state index contributed by atoms with van der Waals surface area (Å²) in [7, 11) is 0. The number of aryl methyl sites for hydroxylation is 1. The Hall–Kier alpha value is -3.88. The number of amides is 3. The molecule has 1 aromatic carbocycles. The highest BCUT2D eigenvalue weighted by Gasteiger charge is 2.47. The lowest BCUT2D eigenvalue weighted by Crippen LogP contribution is -2.46. The van der Waals surface area contributed by atoms with Crippen LogP contribution < -0.4 is 20.7 Å². The Morgan fingerprint density at radius 3 is 1.81 bits per heavy atom. The van der Waals surface area contributed by atoms with Crippen molar-refractivity contribution >= 4 is 17.7 Å². The molecule has 0 saturated heterocycles. The molecule has 3 amide bonds. The standard InChI is InChI=1S/C50H83N5O13/c1-4-5-6-10-40-33-44(56)49-42-32-39(12-13-43(42)50(2,3)68-45(49)34-40)9-7-8-11-46(57)53-16-18-60-20-22-62-24-26-64-28-30-66-31-29-65-27-25-63-23-21-61-19-17-54-48(59)37-67-36-47(58)52-15-14-41-35-51-38-55-41/h33-35,38-39,42-43,56H,4-32,36-37H2,1-3H3,(H,51,55)(H,52,58)(H,53,57)(H,54,59). The van der Waals surface area contributed by atoms with Crippen LogP contribution in [0.5, 0.6) is 11.5 Å². The van der Waals surface area contributed by atoms with E-state index in [9.17, 15) is 19.5 Å². The summed E-state index contributed by atoms with van der Waals surface area (Å²) < 4.78 is 50.3. The van der Waals surface area contributed by atoms with Crippen molar-refractivity contribution in [3.8, 4) is 11.5 Å². The van der Waals surface area contributed by atoms with Gasteiger partial charge in [-0.1, -0.05) is 32.6 Å². The van der Waals surface area contributed by atoms with Crippen molar-refractivity contribution in [3.63, 3.8) is 0 Å². The zero-order chi connectivity index (χ0) is 48.5. The minimum Gasteiger partial charge on any atom is -0.508 e. The number of phenolic OH excluding ortho intramolecular Hbond substituents is 1. The predicted molar refractivity (Wildman–Crippen MR) is 256 cm³/mol. The van der Waals surface area contributed by atoms with Crippen LogP contribution in [0.15, 0.2) is 24.7 Å². The third kappa shape index (κ3) is 23.6. The molecule has 1 aromatic heterocycles. The summed E-state index contributed by atoms with van der Waals surface area (Å²) >= 11 is 0. The fraction of sp³-hybridized carbons (Fsp3) is 0.760. The molecule has 1 aliphatic heterocycles. The number of hydrogen-bond donors (Lipinski definition) is 5. The second kappa shape index (κ2) is 34.4. The van der Waals surface area contributed by atoms with Crippen LogP contribution in [-0.2, 0) is 65.1 Å². The number of rotatable bonds is 40. The first-order chi connectivity index (χ1) is 33.2. The van der Waals surface area contributed by atoms with Gasteiger partial charge in [0.25, 0.3) is 0 Å². The maximum atomic E-state index is 12.4. The molecule has 1 aliphatic carbocycles. The monoisotopic (exact) mass is 962 g/mol. The summed E-state index contributed by atoms with van der Waals surface area (Å²) in [6.07, 6.45) is 15.2. The van der Waals surface area contributed by atoms with Crippen LogP contribution in [-0.4, -0.2) is 164 Å². The van der Waals surface area contributed by atoms with Gasteiger partial charge in [-0.15, -0.1) is 0 Å². The summed E-state index contributed by atoms with van der Waals surface area (Å²) in [5, 5.41) is 19.5. The molecule has 2 heterocycles. The van der Waals surface area contributed by atoms with Crippen molar-refractivity contribution in [2.45, 2.75) is 109 Å². The quantitative estimate of drug-likeness (QED) is 0.0567. The number of aromatic amines is 1. The second-order valence-corrected chi connectivity index (χ2v) is 18.0. The van der Waals surface area contributed by atoms with E-state index in [4.69, 9.17) is 42.6 Å². The van der Waals surface area contributed by atoms with Gasteiger partial charge >= 0.3 is 0 Å². The Morgan fingerprint density at radius 2 is 1.25 bits per heavy atom. The molecule has 4 rings (SSSR count). The third-order valence-electron chi connectivity index (χ3n) is 12.2. The van der Waals surface area contributed by atoms with Gasteiger partial charge in [0, 0.05) is 55.8 Å². The third-order valence-corrected chi connectivity index (χ3v) is 12.2. The van der Waals surface area contributed by atoms with E-state index in [0.717, 1.165) is 67.5 Å². The number of unbranched alkanes of at least 4 members (excludes halogenated alkanes) is 3. The predicted octanol–water partition coefficient (Wildman–Crippen LogP) is 4.80. The van der Waals surface area contributed by atoms with Gasteiger partial charge in [0.1, 0.15) is 30.3 Å². The Balaban J connectivity index is 0.833. The molecule has 5 N–H and O–H groups in total. The second-order valence-electron chi connectivity index (χ2n) is 18.0. The summed E-state index contributed by atoms with van der Waals surface area (Å²) in [5.74, 6) is 2.02. The highest BCUT2D eigenvalue weighted by molar-refractivity contribution is 5.79. The molecular formula is C50H83N5O13. The number of hydrogen-bond acceptors (Lipinski definition) is 14. The van der Waals surface area contributed by atoms with Crippen LogP contribution in [0.4, 0.5) is 0 Å². The van der Waals surface area contributed by atoms with Crippen molar-refractivity contribution in [2.75, 3.05) is 125 Å². The van der Waals surface area contributed by atoms with Gasteiger partial charge in [0.2, 0.25) is 17.7 Å². The smallest absolute Gasteiger partial charge is 0.246 e. The van der Waals surface area contributed by atoms with Gasteiger partial charge in [0.05, 0.1) is 98.8 Å². The lowest BCUT2D eigenvalue weighted by atomic mass is 9.63. The summed E-state index contributed by atoms with van der Waals surface area (Å²) in [6, 6.07) is 4.15. The average molecular weight is 962 g/mol. The number of aromatic hydroxyl groups is 1. The number of imidazole rings is 1. The first-order valence-electron chi connectivity index (χ1n) is 25.1. The van der Waals surface area contributed by atoms with Crippen LogP contribution in [0, 0.1) is 11.8 Å². The number of carbonyl (C=O) groups is 3. The summed E-state index contributed by atoms with van der Waals surface area (Å²) in [6.45, 7) is 13.6. The number of fused-ring (bicyclic) bond motifs is 3. The van der Waals surface area contributed by atoms with Crippen molar-refractivity contribution in [3.05, 3.63) is 41.5 Å². The normalized spacial score (nSPS) is 17.2. The molecule has 1 fully saturated rings. The molecule has 2 aromatic rings. The first-order valence-corrected chi connectivity index (χ1v) is 25.1. The van der Waals surface area contributed by atoms with Crippen LogP contribution in [0.3, 0.4) is 0 Å². The largest absolute Gasteiger partial charge is 0.508 e. The van der Waals surface area contributed by atoms with Crippen LogP contribution >= 0.6 is 0 Å². The van der Waals surface area contributed by atoms with Gasteiger partial charge < -0.3 is 68.7 Å². The van der Waals surface area contributed by atoms with Crippen molar-refractivity contribution in [2.24, 2.45) is 11.8 Å². The Kier molecular flexibility index (Phi) is 28.7. The molecular weight excluding hydrogens is 879 g/mol. The number of carbonyl (C=O) groups excluding carboxylic acids is 3. The molecule has 18 nitrogen and oxygen atoms in total. The summed E-state index contributed by atoms with van der Waals surface area (Å²) in [5.41, 5.74) is 2.85. The number of nitrogens with one attached hydrogen (secondary N) is 4. The maximum absolute atomic E-state index is 12.4. The molecule has 386 valence electrons. The minimum atomic E-state index is -0.323. The molecule has 1 saturated carbocycles. The molecule has 18 heteroatoms. The van der Waals surface area contributed by atoms with E-state index < -0.39 is 0 Å². The zero-order valence-electron chi connectivity index (χ0n) is 41.3. The van der Waals surface area contributed by atoms with E-state index in [1.807, 2.05) is 6.07 Å². The fourth-order valence-electron chi connectivity index (χ4n) is 8.73. The lowest BCUT2D eigenvalue weighted by Gasteiger charge is -2.49. The number of phenols is 1. The highest BCUT2D eigenvalue weighted by atomic mass is 16.6. The van der Waals surface area contributed by atoms with Crippen LogP contribution in [0.25, 0.3) is 0 Å². The zero-order valence-corrected chi connectivity index (χ0v) is 41.3. The van der Waals surface area contributed by atoms with Gasteiger partial charge in [-0.3, -0.25) is 14.4 Å². The number of H-pyrrole nitrogens is 1. The van der Waals surface area contributed by atoms with Crippen molar-refractivity contribution in [1.29, 1.82) is 0 Å². The van der Waals surface area contributed by atoms with E-state index in [-0.39, 0.29) is 36.5 Å². The number of benzene rings is 1. The molecule has 0 spiro atoms. The van der Waals surface area contributed by atoms with E-state index in [0.29, 0.717) is 148 Å². The fourth-order valence-corrected chi connectivity index (χ4v) is 8.73.